The molecule has 2 heterocycles. The molecule has 10 heteroatoms. The van der Waals surface area contributed by atoms with E-state index in [1.807, 2.05) is 4.98 Å². The minimum atomic E-state index is -1.81. The van der Waals surface area contributed by atoms with Crippen LogP contribution in [0.25, 0.3) is 10.4 Å². The van der Waals surface area contributed by atoms with E-state index in [1.54, 1.807) is 0 Å². The fraction of sp³-hybridized carbons (Fsp3) is 0.556. The Morgan fingerprint density at radius 1 is 1.63 bits per heavy atom. The largest absolute Gasteiger partial charge is 0.394 e. The molecule has 19 heavy (non-hydrogen) atoms. The number of nitrogens with one attached hydrogen (secondary N) is 1. The summed E-state index contributed by atoms with van der Waals surface area (Å²) < 4.78 is 20.1. The minimum absolute atomic E-state index is 0.557. The third-order valence-corrected chi connectivity index (χ3v) is 2.78. The van der Waals surface area contributed by atoms with Gasteiger partial charge in [0.1, 0.15) is 6.04 Å². The van der Waals surface area contributed by atoms with E-state index in [-0.39, 0.29) is 0 Å². The van der Waals surface area contributed by atoms with E-state index < -0.39 is 42.4 Å². The number of ether oxygens (including phenoxy) is 1. The number of aliphatic hydroxyl groups is 1. The Balaban J connectivity index is 2.38. The van der Waals surface area contributed by atoms with Gasteiger partial charge in [0.15, 0.2) is 12.4 Å². The molecule has 1 aromatic heterocycles. The van der Waals surface area contributed by atoms with Gasteiger partial charge in [-0.2, -0.15) is 0 Å². The van der Waals surface area contributed by atoms with Gasteiger partial charge in [0, 0.05) is 17.2 Å². The zero-order valence-electron chi connectivity index (χ0n) is 9.51. The molecule has 9 nitrogen and oxygen atoms in total. The lowest BCUT2D eigenvalue weighted by atomic mass is 10.1. The Morgan fingerprint density at radius 2 is 2.37 bits per heavy atom. The van der Waals surface area contributed by atoms with Crippen molar-refractivity contribution in [3.63, 3.8) is 0 Å². The molecule has 102 valence electrons. The number of halogens is 1. The number of alkyl halides is 1. The lowest BCUT2D eigenvalue weighted by Crippen LogP contribution is -2.35. The van der Waals surface area contributed by atoms with Crippen molar-refractivity contribution in [2.45, 2.75) is 24.5 Å². The fourth-order valence-electron chi connectivity index (χ4n) is 1.90. The highest BCUT2D eigenvalue weighted by molar-refractivity contribution is 4.96. The summed E-state index contributed by atoms with van der Waals surface area (Å²) in [7, 11) is 0. The summed E-state index contributed by atoms with van der Waals surface area (Å²) in [5.41, 5.74) is 6.87. The van der Waals surface area contributed by atoms with Gasteiger partial charge in [-0.1, -0.05) is 5.11 Å². The van der Waals surface area contributed by atoms with Gasteiger partial charge in [0.2, 0.25) is 0 Å². The molecule has 0 amide bonds. The Morgan fingerprint density at radius 3 is 2.95 bits per heavy atom. The smallest absolute Gasteiger partial charge is 0.330 e. The molecule has 1 aliphatic rings. The first-order valence-electron chi connectivity index (χ1n) is 5.34. The average Bonchev–Trinajstić information content (AvgIpc) is 2.68. The maximum absolute atomic E-state index is 14.1. The van der Waals surface area contributed by atoms with E-state index >= 15 is 0 Å². The Kier molecular flexibility index (Phi) is 3.65. The summed E-state index contributed by atoms with van der Waals surface area (Å²) in [6.45, 7) is -0.557. The molecule has 1 aliphatic heterocycles. The van der Waals surface area contributed by atoms with Crippen LogP contribution in [0.5, 0.6) is 0 Å². The van der Waals surface area contributed by atoms with E-state index in [9.17, 15) is 14.0 Å². The molecule has 2 rings (SSSR count). The first-order chi connectivity index (χ1) is 9.08. The summed E-state index contributed by atoms with van der Waals surface area (Å²) in [6, 6.07) is -0.203. The second kappa shape index (κ2) is 5.22. The Bertz CT molecular complexity index is 622. The molecule has 2 N–H and O–H groups in total. The van der Waals surface area contributed by atoms with Crippen molar-refractivity contribution < 1.29 is 14.2 Å². The van der Waals surface area contributed by atoms with Crippen LogP contribution in [-0.4, -0.2) is 39.6 Å². The molecule has 0 radical (unpaired) electrons. The van der Waals surface area contributed by atoms with Crippen LogP contribution in [0.3, 0.4) is 0 Å². The van der Waals surface area contributed by atoms with Crippen molar-refractivity contribution in [3.8, 4) is 0 Å². The molecule has 0 aromatic carbocycles. The van der Waals surface area contributed by atoms with E-state index in [1.165, 1.54) is 0 Å². The number of azide groups is 1. The van der Waals surface area contributed by atoms with Gasteiger partial charge in [-0.3, -0.25) is 14.3 Å². The number of aromatic amines is 1. The molecule has 4 atom stereocenters. The van der Waals surface area contributed by atoms with E-state index in [4.69, 9.17) is 15.4 Å². The predicted octanol–water partition coefficient (Wildman–Crippen LogP) is -0.557. The third-order valence-electron chi connectivity index (χ3n) is 2.78. The number of aromatic nitrogens is 2. The second-order valence-electron chi connectivity index (χ2n) is 3.91. The van der Waals surface area contributed by atoms with Crippen LogP contribution in [0, 0.1) is 0 Å². The van der Waals surface area contributed by atoms with Gasteiger partial charge in [-0.15, -0.1) is 0 Å². The minimum Gasteiger partial charge on any atom is -0.394 e. The van der Waals surface area contributed by atoms with Crippen LogP contribution in [0.15, 0.2) is 27.0 Å². The summed E-state index contributed by atoms with van der Waals surface area (Å²) in [4.78, 5) is 26.9. The predicted molar refractivity (Wildman–Crippen MR) is 60.1 cm³/mol. The van der Waals surface area contributed by atoms with E-state index in [0.29, 0.717) is 0 Å². The van der Waals surface area contributed by atoms with Crippen molar-refractivity contribution in [3.05, 3.63) is 43.5 Å². The highest BCUT2D eigenvalue weighted by Gasteiger charge is 2.45. The van der Waals surface area contributed by atoms with Crippen LogP contribution in [0.4, 0.5) is 4.39 Å². The molecular weight excluding hydrogens is 261 g/mol. The Hall–Kier alpha value is -2.16. The molecule has 0 unspecified atom stereocenters. The molecule has 0 bridgehead atoms. The van der Waals surface area contributed by atoms with Crippen molar-refractivity contribution in [2.24, 2.45) is 5.11 Å². The van der Waals surface area contributed by atoms with E-state index in [0.717, 1.165) is 16.8 Å². The molecule has 1 saturated heterocycles. The number of hydrogen-bond acceptors (Lipinski definition) is 5. The van der Waals surface area contributed by atoms with Crippen LogP contribution >= 0.6 is 0 Å². The van der Waals surface area contributed by atoms with Crippen molar-refractivity contribution >= 4 is 0 Å². The summed E-state index contributed by atoms with van der Waals surface area (Å²) in [5, 5.41) is 12.3. The third kappa shape index (κ3) is 2.36. The lowest BCUT2D eigenvalue weighted by Gasteiger charge is -2.15. The Labute approximate surface area is 104 Å². The average molecular weight is 271 g/mol. The first kappa shape index (κ1) is 13.3. The zero-order valence-corrected chi connectivity index (χ0v) is 9.51. The summed E-state index contributed by atoms with van der Waals surface area (Å²) in [6.07, 6.45) is -3.14. The SMILES string of the molecule is [N-]=[N+]=N[C@H]1[C@@H](F)[C@H](n2ccc(=O)[nH]c2=O)O[C@@H]1CO. The maximum Gasteiger partial charge on any atom is 0.330 e. The number of rotatable bonds is 3. The monoisotopic (exact) mass is 271 g/mol. The van der Waals surface area contributed by atoms with Crippen LogP contribution in [-0.2, 0) is 4.74 Å². The molecule has 0 aliphatic carbocycles. The standard InChI is InChI=1S/C9H10FN5O4/c10-6-7(13-14-11)4(3-16)19-8(6)15-2-1-5(17)12-9(15)18/h1-2,4,6-8,16H,3H2,(H,12,17,18)/t4-,6-,7-,8-/m1/s1. The van der Waals surface area contributed by atoms with Gasteiger partial charge >= 0.3 is 5.69 Å². The van der Waals surface area contributed by atoms with E-state index in [2.05, 4.69) is 10.0 Å². The van der Waals surface area contributed by atoms with Crippen molar-refractivity contribution in [2.75, 3.05) is 6.61 Å². The van der Waals surface area contributed by atoms with Crippen LogP contribution < -0.4 is 11.2 Å². The van der Waals surface area contributed by atoms with Crippen LogP contribution in [0.2, 0.25) is 0 Å². The fourth-order valence-corrected chi connectivity index (χ4v) is 1.90. The van der Waals surface area contributed by atoms with Crippen LogP contribution in [0.1, 0.15) is 6.23 Å². The maximum atomic E-state index is 14.1. The number of aliphatic hydroxyl groups excluding tert-OH is 1. The highest BCUT2D eigenvalue weighted by Crippen LogP contribution is 2.32. The molecule has 1 aromatic rings. The summed E-state index contributed by atoms with van der Waals surface area (Å²) >= 11 is 0. The van der Waals surface area contributed by atoms with Gasteiger partial charge in [0.05, 0.1) is 12.7 Å². The topological polar surface area (TPSA) is 133 Å². The van der Waals surface area contributed by atoms with Gasteiger partial charge in [-0.25, -0.2) is 9.18 Å². The number of hydrogen-bond donors (Lipinski definition) is 2. The van der Waals surface area contributed by atoms with Crippen molar-refractivity contribution in [1.82, 2.24) is 9.55 Å². The first-order valence-corrected chi connectivity index (χ1v) is 5.34. The van der Waals surface area contributed by atoms with Crippen molar-refractivity contribution in [1.29, 1.82) is 0 Å². The highest BCUT2D eigenvalue weighted by atomic mass is 19.1. The lowest BCUT2D eigenvalue weighted by molar-refractivity contribution is -0.0402. The molecular formula is C9H10FN5O4. The summed E-state index contributed by atoms with van der Waals surface area (Å²) in [5.74, 6) is 0. The number of H-pyrrole nitrogens is 1. The van der Waals surface area contributed by atoms with Gasteiger partial charge < -0.3 is 9.84 Å². The normalized spacial score (nSPS) is 30.0. The molecule has 0 saturated carbocycles. The molecule has 0 spiro atoms. The zero-order chi connectivity index (χ0) is 14.0. The number of nitrogens with zero attached hydrogens (tertiary/aromatic N) is 4. The second-order valence-corrected chi connectivity index (χ2v) is 3.91. The quantitative estimate of drug-likeness (QED) is 0.433. The molecule has 1 fully saturated rings. The van der Waals surface area contributed by atoms with Gasteiger partial charge in [0.25, 0.3) is 5.56 Å². The van der Waals surface area contributed by atoms with Gasteiger partial charge in [-0.05, 0) is 5.53 Å².